The van der Waals surface area contributed by atoms with E-state index in [1.165, 1.54) is 6.20 Å². The first-order valence-corrected chi connectivity index (χ1v) is 4.76. The van der Waals surface area contributed by atoms with E-state index in [0.29, 0.717) is 12.0 Å². The van der Waals surface area contributed by atoms with Crippen molar-refractivity contribution in [3.63, 3.8) is 0 Å². The van der Waals surface area contributed by atoms with Gasteiger partial charge in [0.15, 0.2) is 0 Å². The molecule has 1 heterocycles. The number of ether oxygens (including phenoxy) is 1. The van der Waals surface area contributed by atoms with Crippen molar-refractivity contribution >= 4 is 0 Å². The summed E-state index contributed by atoms with van der Waals surface area (Å²) >= 11 is 0. The number of pyridine rings is 1. The van der Waals surface area contributed by atoms with Crippen molar-refractivity contribution in [1.29, 1.82) is 0 Å². The molecule has 0 saturated heterocycles. The maximum atomic E-state index is 12.6. The molecule has 2 N–H and O–H groups in total. The van der Waals surface area contributed by atoms with E-state index in [1.807, 2.05) is 0 Å². The van der Waals surface area contributed by atoms with E-state index in [0.717, 1.165) is 13.2 Å². The number of rotatable bonds is 3. The van der Waals surface area contributed by atoms with E-state index in [4.69, 9.17) is 5.73 Å². The molecule has 1 aromatic rings. The average molecular weight is 234 g/mol. The van der Waals surface area contributed by atoms with Crippen LogP contribution in [0.2, 0.25) is 0 Å². The summed E-state index contributed by atoms with van der Waals surface area (Å²) in [5.74, 6) is -0.431. The highest BCUT2D eigenvalue weighted by atomic mass is 19.4. The second-order valence-corrected chi connectivity index (χ2v) is 3.34. The minimum atomic E-state index is -4.48. The van der Waals surface area contributed by atoms with Gasteiger partial charge in [0.05, 0.1) is 7.11 Å². The summed E-state index contributed by atoms with van der Waals surface area (Å²) in [5.41, 5.74) is 5.11. The molecule has 0 unspecified atom stereocenters. The van der Waals surface area contributed by atoms with Crippen molar-refractivity contribution in [2.45, 2.75) is 25.6 Å². The second kappa shape index (κ2) is 4.69. The van der Waals surface area contributed by atoms with Gasteiger partial charge in [0, 0.05) is 12.2 Å². The van der Waals surface area contributed by atoms with E-state index in [-0.39, 0.29) is 0 Å². The monoisotopic (exact) mass is 234 g/mol. The fourth-order valence-corrected chi connectivity index (χ4v) is 1.27. The van der Waals surface area contributed by atoms with Crippen molar-refractivity contribution < 1.29 is 17.9 Å². The van der Waals surface area contributed by atoms with Gasteiger partial charge in [0.25, 0.3) is 0 Å². The Bertz CT molecular complexity index is 366. The van der Waals surface area contributed by atoms with Gasteiger partial charge in [-0.1, -0.05) is 6.92 Å². The quantitative estimate of drug-likeness (QED) is 0.874. The second-order valence-electron chi connectivity index (χ2n) is 3.34. The zero-order valence-electron chi connectivity index (χ0n) is 9.01. The van der Waals surface area contributed by atoms with Gasteiger partial charge in [-0.15, -0.1) is 0 Å². The largest absolute Gasteiger partial charge is 0.481 e. The van der Waals surface area contributed by atoms with Crippen molar-refractivity contribution in [2.24, 2.45) is 5.73 Å². The number of halogens is 3. The van der Waals surface area contributed by atoms with E-state index < -0.39 is 23.7 Å². The molecule has 1 rings (SSSR count). The fourth-order valence-electron chi connectivity index (χ4n) is 1.27. The molecule has 6 heteroatoms. The SMILES string of the molecule is CC[C@H](N)c1cnc(OC)c(C(F)(F)F)c1. The van der Waals surface area contributed by atoms with Crippen LogP contribution in [-0.4, -0.2) is 12.1 Å². The molecule has 0 fully saturated rings. The molecule has 0 amide bonds. The Kier molecular flexibility index (Phi) is 3.74. The van der Waals surface area contributed by atoms with Gasteiger partial charge in [-0.05, 0) is 18.1 Å². The Morgan fingerprint density at radius 2 is 2.12 bits per heavy atom. The highest BCUT2D eigenvalue weighted by molar-refractivity contribution is 5.33. The first-order chi connectivity index (χ1) is 7.40. The van der Waals surface area contributed by atoms with Crippen molar-refractivity contribution in [3.8, 4) is 5.88 Å². The van der Waals surface area contributed by atoms with Crippen LogP contribution in [0.4, 0.5) is 13.2 Å². The molecule has 0 aliphatic carbocycles. The summed E-state index contributed by atoms with van der Waals surface area (Å²) in [4.78, 5) is 3.61. The summed E-state index contributed by atoms with van der Waals surface area (Å²) in [5, 5.41) is 0. The zero-order chi connectivity index (χ0) is 12.3. The first-order valence-electron chi connectivity index (χ1n) is 4.76. The van der Waals surface area contributed by atoms with Gasteiger partial charge in [0.2, 0.25) is 5.88 Å². The Morgan fingerprint density at radius 1 is 1.50 bits per heavy atom. The topological polar surface area (TPSA) is 48.1 Å². The van der Waals surface area contributed by atoms with Gasteiger partial charge in [0.1, 0.15) is 5.56 Å². The third-order valence-corrected chi connectivity index (χ3v) is 2.24. The van der Waals surface area contributed by atoms with Crippen LogP contribution in [0.5, 0.6) is 5.88 Å². The molecule has 3 nitrogen and oxygen atoms in total. The molecule has 16 heavy (non-hydrogen) atoms. The number of alkyl halides is 3. The van der Waals surface area contributed by atoms with Gasteiger partial charge in [-0.2, -0.15) is 13.2 Å². The van der Waals surface area contributed by atoms with Crippen LogP contribution in [0, 0.1) is 0 Å². The van der Waals surface area contributed by atoms with Crippen LogP contribution in [0.3, 0.4) is 0 Å². The number of nitrogens with zero attached hydrogens (tertiary/aromatic N) is 1. The van der Waals surface area contributed by atoms with Crippen LogP contribution < -0.4 is 10.5 Å². The Balaban J connectivity index is 3.22. The third-order valence-electron chi connectivity index (χ3n) is 2.24. The minimum Gasteiger partial charge on any atom is -0.481 e. The molecule has 0 radical (unpaired) electrons. The highest BCUT2D eigenvalue weighted by Crippen LogP contribution is 2.36. The first kappa shape index (κ1) is 12.8. The van der Waals surface area contributed by atoms with Gasteiger partial charge in [-0.25, -0.2) is 4.98 Å². The summed E-state index contributed by atoms with van der Waals surface area (Å²) in [6.07, 6.45) is -2.63. The van der Waals surface area contributed by atoms with E-state index in [2.05, 4.69) is 9.72 Å². The maximum Gasteiger partial charge on any atom is 0.421 e. The minimum absolute atomic E-state index is 0.357. The van der Waals surface area contributed by atoms with E-state index in [1.54, 1.807) is 6.92 Å². The smallest absolute Gasteiger partial charge is 0.421 e. The normalized spacial score (nSPS) is 13.6. The van der Waals surface area contributed by atoms with E-state index >= 15 is 0 Å². The lowest BCUT2D eigenvalue weighted by atomic mass is 10.1. The molecule has 0 bridgehead atoms. The molecule has 90 valence electrons. The summed E-state index contributed by atoms with van der Waals surface area (Å²) in [6, 6.07) is 0.541. The lowest BCUT2D eigenvalue weighted by Crippen LogP contribution is -2.14. The summed E-state index contributed by atoms with van der Waals surface area (Å²) in [6.45, 7) is 1.79. The molecule has 1 aromatic heterocycles. The number of hydrogen-bond donors (Lipinski definition) is 1. The van der Waals surface area contributed by atoms with Crippen LogP contribution in [0.15, 0.2) is 12.3 Å². The van der Waals surface area contributed by atoms with Gasteiger partial charge in [-0.3, -0.25) is 0 Å². The van der Waals surface area contributed by atoms with Gasteiger partial charge >= 0.3 is 6.18 Å². The summed E-state index contributed by atoms with van der Waals surface area (Å²) < 4.78 is 42.4. The molecule has 0 saturated carbocycles. The molecule has 0 spiro atoms. The molecule has 1 atom stereocenters. The van der Waals surface area contributed by atoms with Crippen LogP contribution in [-0.2, 0) is 6.18 Å². The molecular weight excluding hydrogens is 221 g/mol. The lowest BCUT2D eigenvalue weighted by molar-refractivity contribution is -0.139. The van der Waals surface area contributed by atoms with E-state index in [9.17, 15) is 13.2 Å². The van der Waals surface area contributed by atoms with Crippen LogP contribution in [0.1, 0.15) is 30.5 Å². The third kappa shape index (κ3) is 2.63. The Morgan fingerprint density at radius 3 is 2.56 bits per heavy atom. The molecule has 0 aromatic carbocycles. The zero-order valence-corrected chi connectivity index (χ0v) is 9.01. The predicted octanol–water partition coefficient (Wildman–Crippen LogP) is 2.52. The molecule has 0 aliphatic rings. The Labute approximate surface area is 91.4 Å². The number of hydrogen-bond acceptors (Lipinski definition) is 3. The highest BCUT2D eigenvalue weighted by Gasteiger charge is 2.35. The fraction of sp³-hybridized carbons (Fsp3) is 0.500. The van der Waals surface area contributed by atoms with Crippen LogP contribution in [0.25, 0.3) is 0 Å². The summed E-state index contributed by atoms with van der Waals surface area (Å²) in [7, 11) is 1.15. The van der Waals surface area contributed by atoms with Crippen molar-refractivity contribution in [3.05, 3.63) is 23.4 Å². The number of aromatic nitrogens is 1. The predicted molar refractivity (Wildman–Crippen MR) is 53.0 cm³/mol. The maximum absolute atomic E-state index is 12.6. The standard InChI is InChI=1S/C10H13F3N2O/c1-3-8(14)6-4-7(10(11,12)13)9(16-2)15-5-6/h4-5,8H,3,14H2,1-2H3/t8-/m0/s1. The number of nitrogens with two attached hydrogens (primary N) is 1. The Hall–Kier alpha value is -1.30. The lowest BCUT2D eigenvalue weighted by Gasteiger charge is -2.14. The molecular formula is C10H13F3N2O. The van der Waals surface area contributed by atoms with Crippen molar-refractivity contribution in [2.75, 3.05) is 7.11 Å². The van der Waals surface area contributed by atoms with Gasteiger partial charge < -0.3 is 10.5 Å². The average Bonchev–Trinajstić information content (AvgIpc) is 2.26. The molecule has 0 aliphatic heterocycles. The van der Waals surface area contributed by atoms with Crippen molar-refractivity contribution in [1.82, 2.24) is 4.98 Å². The van der Waals surface area contributed by atoms with Crippen LogP contribution >= 0.6 is 0 Å². The number of methoxy groups -OCH3 is 1.